The van der Waals surface area contributed by atoms with Crippen LogP contribution in [0.5, 0.6) is 0 Å². The van der Waals surface area contributed by atoms with Crippen molar-refractivity contribution >= 4 is 35.6 Å². The standard InChI is InChI=1S/C7H13NO3S.C6H14N2O2.C4H9NO3/c1-5(9)11-7(10)6(8)3-4-12-2;7-4-2-1-3-5(8)6(9)10;5-3(1-2-6)4(7)8/h6H,3-4,8H2,1-2H3;5H,1-4,7-8H2,(H,9,10);3,6H,1-2,5H2,(H,7,8)/t6-;5-;3-/m000/s1. The van der Waals surface area contributed by atoms with Gasteiger partial charge in [0.1, 0.15) is 18.1 Å². The number of ether oxygens (including phenoxy) is 1. The first-order valence-electron chi connectivity index (χ1n) is 9.18. The maximum atomic E-state index is 10.9. The van der Waals surface area contributed by atoms with E-state index in [0.29, 0.717) is 19.4 Å². The van der Waals surface area contributed by atoms with Crippen molar-refractivity contribution in [2.24, 2.45) is 22.9 Å². The third-order valence-corrected chi connectivity index (χ3v) is 3.87. The summed E-state index contributed by atoms with van der Waals surface area (Å²) < 4.78 is 4.30. The number of carboxylic acid groups (broad SMARTS) is 2. The average Bonchev–Trinajstić information content (AvgIpc) is 2.66. The van der Waals surface area contributed by atoms with Crippen LogP contribution in [0, 0.1) is 0 Å². The molecule has 178 valence electrons. The van der Waals surface area contributed by atoms with Gasteiger partial charge in [0, 0.05) is 13.5 Å². The number of unbranched alkanes of at least 4 members (excludes halogenated alkanes) is 1. The zero-order chi connectivity index (χ0) is 24.1. The van der Waals surface area contributed by atoms with Crippen LogP contribution in [-0.2, 0) is 23.9 Å². The molecule has 0 saturated carbocycles. The fourth-order valence-corrected chi connectivity index (χ4v) is 1.96. The predicted octanol–water partition coefficient (Wildman–Crippen LogP) is -1.54. The van der Waals surface area contributed by atoms with E-state index in [0.717, 1.165) is 18.6 Å². The van der Waals surface area contributed by atoms with Gasteiger partial charge in [0.05, 0.1) is 0 Å². The zero-order valence-corrected chi connectivity index (χ0v) is 18.3. The molecule has 0 aromatic rings. The summed E-state index contributed by atoms with van der Waals surface area (Å²) in [6.07, 6.45) is 4.74. The molecule has 0 aliphatic heterocycles. The maximum Gasteiger partial charge on any atom is 0.330 e. The lowest BCUT2D eigenvalue weighted by atomic mass is 10.1. The second kappa shape index (κ2) is 21.9. The SMILES string of the molecule is CSCC[C@H](N)C(=O)OC(C)=O.NCCCC[C@H](N)C(=O)O.N[C@@H](CCO)C(=O)O. The highest BCUT2D eigenvalue weighted by Gasteiger charge is 2.15. The van der Waals surface area contributed by atoms with E-state index in [1.807, 2.05) is 6.26 Å². The van der Waals surface area contributed by atoms with Gasteiger partial charge in [0.25, 0.3) is 0 Å². The first-order chi connectivity index (χ1) is 13.9. The van der Waals surface area contributed by atoms with Gasteiger partial charge in [0.2, 0.25) is 0 Å². The van der Waals surface area contributed by atoms with Gasteiger partial charge >= 0.3 is 23.9 Å². The van der Waals surface area contributed by atoms with E-state index in [4.69, 9.17) is 38.3 Å². The van der Waals surface area contributed by atoms with E-state index in [2.05, 4.69) is 4.74 Å². The molecule has 12 nitrogen and oxygen atoms in total. The average molecular weight is 457 g/mol. The van der Waals surface area contributed by atoms with Gasteiger partial charge in [-0.2, -0.15) is 11.8 Å². The molecule has 0 unspecified atom stereocenters. The molecule has 11 N–H and O–H groups in total. The number of thioether (sulfide) groups is 1. The number of carboxylic acids is 2. The zero-order valence-electron chi connectivity index (χ0n) is 17.5. The smallest absolute Gasteiger partial charge is 0.330 e. The molecule has 13 heteroatoms. The lowest BCUT2D eigenvalue weighted by molar-refractivity contribution is -0.159. The molecule has 0 amide bonds. The van der Waals surface area contributed by atoms with Crippen LogP contribution in [0.15, 0.2) is 0 Å². The molecule has 30 heavy (non-hydrogen) atoms. The van der Waals surface area contributed by atoms with Crippen molar-refractivity contribution in [1.29, 1.82) is 0 Å². The van der Waals surface area contributed by atoms with Crippen molar-refractivity contribution in [3.05, 3.63) is 0 Å². The van der Waals surface area contributed by atoms with Crippen LogP contribution in [0.2, 0.25) is 0 Å². The van der Waals surface area contributed by atoms with E-state index in [9.17, 15) is 19.2 Å². The monoisotopic (exact) mass is 456 g/mol. The third-order valence-electron chi connectivity index (χ3n) is 3.22. The molecular formula is C17H36N4O8S. The number of carbonyl (C=O) groups excluding carboxylic acids is 2. The summed E-state index contributed by atoms with van der Waals surface area (Å²) in [5.41, 5.74) is 20.8. The van der Waals surface area contributed by atoms with Crippen LogP contribution < -0.4 is 22.9 Å². The number of aliphatic carboxylic acids is 2. The van der Waals surface area contributed by atoms with Crippen LogP contribution in [0.3, 0.4) is 0 Å². The summed E-state index contributed by atoms with van der Waals surface area (Å²) in [5.74, 6) is -2.47. The minimum Gasteiger partial charge on any atom is -0.480 e. The Balaban J connectivity index is -0.000000372. The Morgan fingerprint density at radius 1 is 0.900 bits per heavy atom. The number of aliphatic hydroxyl groups is 1. The molecule has 0 aliphatic rings. The van der Waals surface area contributed by atoms with Crippen LogP contribution in [-0.4, -0.2) is 82.5 Å². The second-order valence-electron chi connectivity index (χ2n) is 5.99. The molecule has 3 atom stereocenters. The topological polar surface area (TPSA) is 242 Å². The Kier molecular flexibility index (Phi) is 24.0. The van der Waals surface area contributed by atoms with Crippen molar-refractivity contribution < 1.29 is 39.2 Å². The molecule has 0 rings (SSSR count). The van der Waals surface area contributed by atoms with Gasteiger partial charge in [-0.1, -0.05) is 6.42 Å². The molecule has 0 aromatic carbocycles. The van der Waals surface area contributed by atoms with Crippen LogP contribution >= 0.6 is 11.8 Å². The number of hydrogen-bond acceptors (Lipinski definition) is 11. The van der Waals surface area contributed by atoms with Crippen LogP contribution in [0.1, 0.15) is 39.0 Å². The Bertz CT molecular complexity index is 496. The number of nitrogens with two attached hydrogens (primary N) is 4. The Morgan fingerprint density at radius 2 is 1.40 bits per heavy atom. The molecule has 0 aliphatic carbocycles. The highest BCUT2D eigenvalue weighted by Crippen LogP contribution is 2.00. The highest BCUT2D eigenvalue weighted by atomic mass is 32.2. The molecule has 0 radical (unpaired) electrons. The van der Waals surface area contributed by atoms with Crippen molar-refractivity contribution in [2.75, 3.05) is 25.2 Å². The largest absolute Gasteiger partial charge is 0.480 e. The summed E-state index contributed by atoms with van der Waals surface area (Å²) in [5, 5.41) is 24.5. The van der Waals surface area contributed by atoms with Crippen molar-refractivity contribution in [3.8, 4) is 0 Å². The second-order valence-corrected chi connectivity index (χ2v) is 6.97. The highest BCUT2D eigenvalue weighted by molar-refractivity contribution is 7.98. The fourth-order valence-electron chi connectivity index (χ4n) is 1.47. The lowest BCUT2D eigenvalue weighted by Gasteiger charge is -2.07. The Hall–Kier alpha value is -1.77. The summed E-state index contributed by atoms with van der Waals surface area (Å²) in [7, 11) is 0. The molecule has 0 heterocycles. The van der Waals surface area contributed by atoms with E-state index in [1.165, 1.54) is 6.92 Å². The van der Waals surface area contributed by atoms with E-state index in [1.54, 1.807) is 11.8 Å². The Morgan fingerprint density at radius 3 is 1.73 bits per heavy atom. The van der Waals surface area contributed by atoms with Gasteiger partial charge in [-0.3, -0.25) is 14.4 Å². The predicted molar refractivity (Wildman–Crippen MR) is 114 cm³/mol. The molecule has 0 spiro atoms. The molecular weight excluding hydrogens is 420 g/mol. The van der Waals surface area contributed by atoms with Gasteiger partial charge in [-0.15, -0.1) is 0 Å². The quantitative estimate of drug-likeness (QED) is 0.100. The third kappa shape index (κ3) is 24.3. The molecule has 0 bridgehead atoms. The fraction of sp³-hybridized carbons (Fsp3) is 0.765. The molecule has 0 aromatic heterocycles. The van der Waals surface area contributed by atoms with E-state index in [-0.39, 0.29) is 13.0 Å². The van der Waals surface area contributed by atoms with E-state index < -0.39 is 42.0 Å². The number of carbonyl (C=O) groups is 4. The lowest BCUT2D eigenvalue weighted by Crippen LogP contribution is -2.33. The number of esters is 2. The first kappa shape index (κ1) is 32.9. The number of hydrogen-bond donors (Lipinski definition) is 7. The summed E-state index contributed by atoms with van der Waals surface area (Å²) in [4.78, 5) is 41.2. The van der Waals surface area contributed by atoms with Crippen molar-refractivity contribution in [1.82, 2.24) is 0 Å². The minimum atomic E-state index is -1.07. The van der Waals surface area contributed by atoms with Gasteiger partial charge in [-0.05, 0) is 44.2 Å². The van der Waals surface area contributed by atoms with Gasteiger partial charge in [0.15, 0.2) is 0 Å². The molecule has 0 fully saturated rings. The number of rotatable bonds is 12. The van der Waals surface area contributed by atoms with Crippen molar-refractivity contribution in [3.63, 3.8) is 0 Å². The summed E-state index contributed by atoms with van der Waals surface area (Å²) in [6.45, 7) is 1.61. The molecule has 0 saturated heterocycles. The van der Waals surface area contributed by atoms with Crippen LogP contribution in [0.4, 0.5) is 0 Å². The van der Waals surface area contributed by atoms with Crippen molar-refractivity contribution in [2.45, 2.75) is 57.2 Å². The summed E-state index contributed by atoms with van der Waals surface area (Å²) >= 11 is 1.59. The van der Waals surface area contributed by atoms with Gasteiger partial charge < -0.3 is 43.0 Å². The first-order valence-corrected chi connectivity index (χ1v) is 10.6. The van der Waals surface area contributed by atoms with Crippen LogP contribution in [0.25, 0.3) is 0 Å². The normalized spacial score (nSPS) is 12.8. The Labute approximate surface area is 180 Å². The maximum absolute atomic E-state index is 10.9. The number of aliphatic hydroxyl groups excluding tert-OH is 1. The summed E-state index contributed by atoms with van der Waals surface area (Å²) in [6, 6.07) is -2.31. The van der Waals surface area contributed by atoms with Gasteiger partial charge in [-0.25, -0.2) is 4.79 Å². The minimum absolute atomic E-state index is 0.120. The van der Waals surface area contributed by atoms with E-state index >= 15 is 0 Å².